The predicted octanol–water partition coefficient (Wildman–Crippen LogP) is 5.84. The van der Waals surface area contributed by atoms with Gasteiger partial charge in [-0.2, -0.15) is 0 Å². The van der Waals surface area contributed by atoms with Crippen molar-refractivity contribution in [1.82, 2.24) is 0 Å². The molecule has 82 valence electrons. The van der Waals surface area contributed by atoms with Crippen molar-refractivity contribution in [3.8, 4) is 9.75 Å². The van der Waals surface area contributed by atoms with Crippen LogP contribution in [0.1, 0.15) is 0 Å². The molecule has 17 heavy (non-hydrogen) atoms. The van der Waals surface area contributed by atoms with Gasteiger partial charge < -0.3 is 0 Å². The molecule has 0 aliphatic rings. The summed E-state index contributed by atoms with van der Waals surface area (Å²) in [5.41, 5.74) is 0. The second-order valence-electron chi connectivity index (χ2n) is 3.94. The fraction of sp³-hybridized carbons (Fsp3) is 0. The first kappa shape index (κ1) is 9.83. The van der Waals surface area contributed by atoms with E-state index in [0.717, 1.165) is 0 Å². The number of rotatable bonds is 1. The van der Waals surface area contributed by atoms with Crippen LogP contribution in [0.2, 0.25) is 0 Å². The van der Waals surface area contributed by atoms with Crippen LogP contribution in [0.15, 0.2) is 47.2 Å². The van der Waals surface area contributed by atoms with E-state index < -0.39 is 0 Å². The van der Waals surface area contributed by atoms with Crippen LogP contribution in [0, 0.1) is 0 Å². The standard InChI is InChI=1S/C14H8S3/c1-2-11(15-4-1)14-8-10-7-12-9(3-5-16-12)6-13(10)17-14/h1-8H. The summed E-state index contributed by atoms with van der Waals surface area (Å²) in [5.74, 6) is 0. The quantitative estimate of drug-likeness (QED) is 0.408. The lowest BCUT2D eigenvalue weighted by atomic mass is 10.2. The van der Waals surface area contributed by atoms with Crippen LogP contribution in [-0.2, 0) is 0 Å². The average Bonchev–Trinajstić information content (AvgIpc) is 3.05. The van der Waals surface area contributed by atoms with Gasteiger partial charge in [-0.3, -0.25) is 0 Å². The molecule has 0 unspecified atom stereocenters. The minimum atomic E-state index is 1.36. The van der Waals surface area contributed by atoms with Crippen molar-refractivity contribution in [3.63, 3.8) is 0 Å². The second kappa shape index (κ2) is 3.67. The van der Waals surface area contributed by atoms with Gasteiger partial charge in [-0.1, -0.05) is 6.07 Å². The van der Waals surface area contributed by atoms with Crippen LogP contribution < -0.4 is 0 Å². The Morgan fingerprint density at radius 3 is 2.53 bits per heavy atom. The SMILES string of the molecule is c1csc(-c2cc3cc4sccc4cc3s2)c1. The molecule has 0 bridgehead atoms. The van der Waals surface area contributed by atoms with E-state index in [4.69, 9.17) is 0 Å². The molecule has 4 rings (SSSR count). The molecule has 0 aliphatic heterocycles. The van der Waals surface area contributed by atoms with E-state index in [0.29, 0.717) is 0 Å². The molecule has 0 saturated carbocycles. The van der Waals surface area contributed by atoms with Crippen LogP contribution in [0.4, 0.5) is 0 Å². The Kier molecular flexibility index (Phi) is 2.12. The van der Waals surface area contributed by atoms with E-state index >= 15 is 0 Å². The number of benzene rings is 1. The smallest absolute Gasteiger partial charge is 0.0455 e. The summed E-state index contributed by atoms with van der Waals surface area (Å²) in [6.45, 7) is 0. The van der Waals surface area contributed by atoms with Gasteiger partial charge in [-0.05, 0) is 51.9 Å². The van der Waals surface area contributed by atoms with Gasteiger partial charge >= 0.3 is 0 Å². The molecule has 0 saturated heterocycles. The topological polar surface area (TPSA) is 0 Å². The average molecular weight is 272 g/mol. The van der Waals surface area contributed by atoms with Gasteiger partial charge in [0.2, 0.25) is 0 Å². The molecule has 3 aromatic heterocycles. The minimum Gasteiger partial charge on any atom is -0.144 e. The zero-order valence-corrected chi connectivity index (χ0v) is 11.3. The number of fused-ring (bicyclic) bond motifs is 2. The first-order valence-electron chi connectivity index (χ1n) is 5.35. The summed E-state index contributed by atoms with van der Waals surface area (Å²) in [4.78, 5) is 2.75. The zero-order valence-electron chi connectivity index (χ0n) is 8.84. The molecule has 0 aliphatic carbocycles. The molecule has 0 fully saturated rings. The Labute approximate surface area is 111 Å². The monoisotopic (exact) mass is 272 g/mol. The predicted molar refractivity (Wildman–Crippen MR) is 80.5 cm³/mol. The summed E-state index contributed by atoms with van der Waals surface area (Å²) in [5, 5.41) is 7.03. The molecular formula is C14H8S3. The van der Waals surface area contributed by atoms with E-state index in [9.17, 15) is 0 Å². The molecule has 1 aromatic carbocycles. The third-order valence-electron chi connectivity index (χ3n) is 2.86. The van der Waals surface area contributed by atoms with Gasteiger partial charge in [0.25, 0.3) is 0 Å². The Hall–Kier alpha value is -1.16. The fourth-order valence-corrected chi connectivity index (χ4v) is 4.77. The Morgan fingerprint density at radius 2 is 1.65 bits per heavy atom. The maximum absolute atomic E-state index is 2.31. The van der Waals surface area contributed by atoms with Crippen molar-refractivity contribution in [2.45, 2.75) is 0 Å². The second-order valence-corrected chi connectivity index (χ2v) is 6.92. The highest BCUT2D eigenvalue weighted by Gasteiger charge is 2.06. The molecule has 3 heterocycles. The molecule has 0 amide bonds. The highest BCUT2D eigenvalue weighted by molar-refractivity contribution is 7.25. The molecule has 0 radical (unpaired) electrons. The Bertz CT molecular complexity index is 739. The maximum atomic E-state index is 2.31. The van der Waals surface area contributed by atoms with E-state index in [1.165, 1.54) is 29.9 Å². The van der Waals surface area contributed by atoms with E-state index in [1.54, 1.807) is 0 Å². The third-order valence-corrected chi connectivity index (χ3v) is 5.90. The Balaban J connectivity index is 2.02. The molecule has 4 aromatic rings. The summed E-state index contributed by atoms with van der Waals surface area (Å²) in [6.07, 6.45) is 0. The van der Waals surface area contributed by atoms with E-state index in [1.807, 2.05) is 34.0 Å². The Morgan fingerprint density at radius 1 is 0.706 bits per heavy atom. The van der Waals surface area contributed by atoms with E-state index in [2.05, 4.69) is 47.2 Å². The first-order chi connectivity index (χ1) is 8.40. The van der Waals surface area contributed by atoms with Gasteiger partial charge in [-0.15, -0.1) is 34.0 Å². The van der Waals surface area contributed by atoms with Crippen LogP contribution in [0.5, 0.6) is 0 Å². The number of hydrogen-bond acceptors (Lipinski definition) is 3. The van der Waals surface area contributed by atoms with Crippen molar-refractivity contribution >= 4 is 54.2 Å². The lowest BCUT2D eigenvalue weighted by Gasteiger charge is -1.89. The van der Waals surface area contributed by atoms with Gasteiger partial charge in [0.1, 0.15) is 0 Å². The highest BCUT2D eigenvalue weighted by atomic mass is 32.1. The molecule has 3 heteroatoms. The lowest BCUT2D eigenvalue weighted by molar-refractivity contribution is 1.96. The normalized spacial score (nSPS) is 11.5. The fourth-order valence-electron chi connectivity index (χ4n) is 2.03. The third kappa shape index (κ3) is 1.54. The van der Waals surface area contributed by atoms with Crippen LogP contribution >= 0.6 is 34.0 Å². The largest absolute Gasteiger partial charge is 0.144 e. The van der Waals surface area contributed by atoms with Gasteiger partial charge in [0, 0.05) is 19.2 Å². The maximum Gasteiger partial charge on any atom is 0.0455 e. The van der Waals surface area contributed by atoms with Crippen molar-refractivity contribution in [2.75, 3.05) is 0 Å². The summed E-state index contributed by atoms with van der Waals surface area (Å²) in [7, 11) is 0. The van der Waals surface area contributed by atoms with Gasteiger partial charge in [0.15, 0.2) is 0 Å². The van der Waals surface area contributed by atoms with Gasteiger partial charge in [-0.25, -0.2) is 0 Å². The van der Waals surface area contributed by atoms with Crippen LogP contribution in [-0.4, -0.2) is 0 Å². The van der Waals surface area contributed by atoms with Crippen LogP contribution in [0.3, 0.4) is 0 Å². The minimum absolute atomic E-state index is 1.36. The number of hydrogen-bond donors (Lipinski definition) is 0. The number of thiophene rings is 3. The zero-order chi connectivity index (χ0) is 11.2. The highest BCUT2D eigenvalue weighted by Crippen LogP contribution is 2.38. The summed E-state index contributed by atoms with van der Waals surface area (Å²) >= 11 is 5.52. The van der Waals surface area contributed by atoms with Crippen molar-refractivity contribution < 1.29 is 0 Å². The first-order valence-corrected chi connectivity index (χ1v) is 7.92. The lowest BCUT2D eigenvalue weighted by Crippen LogP contribution is -1.62. The van der Waals surface area contributed by atoms with Crippen molar-refractivity contribution in [1.29, 1.82) is 0 Å². The summed E-state index contributed by atoms with van der Waals surface area (Å²) < 4.78 is 2.77. The van der Waals surface area contributed by atoms with Crippen molar-refractivity contribution in [3.05, 3.63) is 47.2 Å². The molecule has 0 spiro atoms. The molecule has 0 nitrogen and oxygen atoms in total. The molecule has 0 atom stereocenters. The van der Waals surface area contributed by atoms with Gasteiger partial charge in [0.05, 0.1) is 0 Å². The summed E-state index contributed by atoms with van der Waals surface area (Å²) in [6, 6.07) is 13.4. The molecule has 0 N–H and O–H groups in total. The van der Waals surface area contributed by atoms with E-state index in [-0.39, 0.29) is 0 Å². The molecular weight excluding hydrogens is 264 g/mol. The van der Waals surface area contributed by atoms with Crippen molar-refractivity contribution in [2.24, 2.45) is 0 Å². The van der Waals surface area contributed by atoms with Crippen LogP contribution in [0.25, 0.3) is 29.9 Å².